The van der Waals surface area contributed by atoms with E-state index in [0.29, 0.717) is 22.2 Å². The van der Waals surface area contributed by atoms with Gasteiger partial charge >= 0.3 is 6.09 Å². The topological polar surface area (TPSA) is 101 Å². The van der Waals surface area contributed by atoms with Gasteiger partial charge in [-0.3, -0.25) is 14.6 Å². The van der Waals surface area contributed by atoms with Crippen molar-refractivity contribution >= 4 is 50.2 Å². The molecule has 0 radical (unpaired) electrons. The highest BCUT2D eigenvalue weighted by Crippen LogP contribution is 2.35. The minimum atomic E-state index is -0.583. The number of carbonyl (C=O) groups is 1. The van der Waals surface area contributed by atoms with Gasteiger partial charge in [0, 0.05) is 25.3 Å². The first-order chi connectivity index (χ1) is 14.7. The van der Waals surface area contributed by atoms with Crippen LogP contribution < -0.4 is 10.2 Å². The van der Waals surface area contributed by atoms with E-state index in [0.717, 1.165) is 21.1 Å². The molecule has 0 saturated heterocycles. The zero-order chi connectivity index (χ0) is 22.3. The van der Waals surface area contributed by atoms with Gasteiger partial charge in [0.2, 0.25) is 0 Å². The van der Waals surface area contributed by atoms with Crippen LogP contribution in [0.2, 0.25) is 5.02 Å². The number of halogens is 1. The molecule has 1 amide bonds. The summed E-state index contributed by atoms with van der Waals surface area (Å²) in [6, 6.07) is 5.39. The number of imidazole rings is 1. The van der Waals surface area contributed by atoms with E-state index in [9.17, 15) is 4.79 Å². The quantitative estimate of drug-likeness (QED) is 0.448. The van der Waals surface area contributed by atoms with E-state index >= 15 is 0 Å². The number of nitrogens with zero attached hydrogens (tertiary/aromatic N) is 5. The number of carbonyl (C=O) groups excluding carboxylic acids is 1. The highest BCUT2D eigenvalue weighted by atomic mass is 35.5. The van der Waals surface area contributed by atoms with Crippen molar-refractivity contribution in [1.29, 1.82) is 0 Å². The van der Waals surface area contributed by atoms with Gasteiger partial charge in [0.05, 0.1) is 16.9 Å². The Balaban J connectivity index is 1.68. The molecule has 3 heterocycles. The third-order valence-electron chi connectivity index (χ3n) is 4.46. The molecule has 11 heteroatoms. The summed E-state index contributed by atoms with van der Waals surface area (Å²) in [5.41, 5.74) is 2.27. The number of fused-ring (bicyclic) bond motifs is 1. The van der Waals surface area contributed by atoms with Gasteiger partial charge in [0.1, 0.15) is 16.6 Å². The van der Waals surface area contributed by atoms with Crippen molar-refractivity contribution in [3.63, 3.8) is 0 Å². The summed E-state index contributed by atoms with van der Waals surface area (Å²) in [5, 5.41) is 11.7. The largest absolute Gasteiger partial charge is 0.443 e. The van der Waals surface area contributed by atoms with Gasteiger partial charge < -0.3 is 10.1 Å². The van der Waals surface area contributed by atoms with E-state index in [1.165, 1.54) is 16.2 Å². The monoisotopic (exact) mass is 459 g/mol. The summed E-state index contributed by atoms with van der Waals surface area (Å²) in [6.07, 6.45) is 2.95. The first-order valence-electron chi connectivity index (χ1n) is 9.50. The smallest absolute Gasteiger partial charge is 0.414 e. The molecule has 4 rings (SSSR count). The predicted molar refractivity (Wildman–Crippen MR) is 124 cm³/mol. The molecular formula is C20H22ClN7O2S. The Labute approximate surface area is 188 Å². The van der Waals surface area contributed by atoms with Crippen molar-refractivity contribution in [3.05, 3.63) is 35.7 Å². The first kappa shape index (κ1) is 21.1. The molecule has 0 aliphatic carbocycles. The van der Waals surface area contributed by atoms with Crippen LogP contribution in [0.15, 0.2) is 30.7 Å². The lowest BCUT2D eigenvalue weighted by molar-refractivity contribution is 0.0589. The lowest BCUT2D eigenvalue weighted by Crippen LogP contribution is -2.34. The lowest BCUT2D eigenvalue weighted by Gasteiger charge is -2.25. The van der Waals surface area contributed by atoms with E-state index < -0.39 is 11.7 Å². The highest BCUT2D eigenvalue weighted by Gasteiger charge is 2.22. The molecule has 31 heavy (non-hydrogen) atoms. The van der Waals surface area contributed by atoms with Crippen LogP contribution in [0.3, 0.4) is 0 Å². The highest BCUT2D eigenvalue weighted by molar-refractivity contribution is 7.22. The van der Waals surface area contributed by atoms with E-state index in [-0.39, 0.29) is 0 Å². The summed E-state index contributed by atoms with van der Waals surface area (Å²) >= 11 is 8.11. The standard InChI is InChI=1S/C20H22ClN7O2S/c1-20(2,3)30-19(29)27(5)11-6-7-12(13(21)8-11)14-9-23-10-28(14)17-15-16(25-26-17)24-18(22-4)31-15/h6-10H,1-5H3,(H2,22,24,25,26). The molecule has 9 nitrogen and oxygen atoms in total. The Morgan fingerprint density at radius 3 is 2.81 bits per heavy atom. The summed E-state index contributed by atoms with van der Waals surface area (Å²) in [5.74, 6) is 0.688. The van der Waals surface area contributed by atoms with Gasteiger partial charge in [-0.15, -0.1) is 0 Å². The Kier molecular flexibility index (Phi) is 5.36. The maximum atomic E-state index is 12.4. The molecule has 0 atom stereocenters. The molecular weight excluding hydrogens is 438 g/mol. The second-order valence-electron chi connectivity index (χ2n) is 7.85. The fourth-order valence-electron chi connectivity index (χ4n) is 2.99. The number of amides is 1. The summed E-state index contributed by atoms with van der Waals surface area (Å²) in [4.78, 5) is 22.5. The molecule has 0 saturated carbocycles. The number of anilines is 2. The number of H-pyrrole nitrogens is 1. The SMILES string of the molecule is CNc1nc2[nH]nc(-n3cncc3-c3ccc(N(C)C(=O)OC(C)(C)C)cc3Cl)c2s1. The van der Waals surface area contributed by atoms with Crippen molar-refractivity contribution in [2.45, 2.75) is 26.4 Å². The zero-order valence-electron chi connectivity index (χ0n) is 17.7. The summed E-state index contributed by atoms with van der Waals surface area (Å²) < 4.78 is 8.18. The lowest BCUT2D eigenvalue weighted by atomic mass is 10.1. The second-order valence-corrected chi connectivity index (χ2v) is 9.25. The maximum Gasteiger partial charge on any atom is 0.414 e. The molecule has 162 valence electrons. The Bertz CT molecular complexity index is 1250. The molecule has 2 N–H and O–H groups in total. The Morgan fingerprint density at radius 2 is 2.13 bits per heavy atom. The number of nitrogens with one attached hydrogen (secondary N) is 2. The zero-order valence-corrected chi connectivity index (χ0v) is 19.3. The number of hydrogen-bond acceptors (Lipinski definition) is 7. The van der Waals surface area contributed by atoms with Gasteiger partial charge in [-0.2, -0.15) is 5.10 Å². The van der Waals surface area contributed by atoms with Crippen LogP contribution in [0.5, 0.6) is 0 Å². The van der Waals surface area contributed by atoms with Crippen LogP contribution in [-0.2, 0) is 4.74 Å². The number of aromatic nitrogens is 5. The third-order valence-corrected chi connectivity index (χ3v) is 5.84. The fraction of sp³-hybridized carbons (Fsp3) is 0.300. The molecule has 1 aromatic carbocycles. The average Bonchev–Trinajstić information content (AvgIpc) is 3.41. The number of thiazole rings is 1. The molecule has 0 bridgehead atoms. The summed E-state index contributed by atoms with van der Waals surface area (Å²) in [7, 11) is 3.47. The van der Waals surface area contributed by atoms with Gasteiger partial charge in [-0.1, -0.05) is 22.9 Å². The van der Waals surface area contributed by atoms with Crippen LogP contribution in [0.1, 0.15) is 20.8 Å². The van der Waals surface area contributed by atoms with Crippen LogP contribution in [0.25, 0.3) is 27.4 Å². The molecule has 0 unspecified atom stereocenters. The molecule has 3 aromatic heterocycles. The minimum absolute atomic E-state index is 0.453. The van der Waals surface area contributed by atoms with Gasteiger partial charge in [-0.25, -0.2) is 14.8 Å². The first-order valence-corrected chi connectivity index (χ1v) is 10.7. The number of ether oxygens (including phenoxy) is 1. The fourth-order valence-corrected chi connectivity index (χ4v) is 4.12. The van der Waals surface area contributed by atoms with E-state index in [2.05, 4.69) is 25.5 Å². The van der Waals surface area contributed by atoms with Crippen molar-refractivity contribution in [2.24, 2.45) is 0 Å². The summed E-state index contributed by atoms with van der Waals surface area (Å²) in [6.45, 7) is 5.47. The number of aromatic amines is 1. The van der Waals surface area contributed by atoms with Crippen molar-refractivity contribution in [3.8, 4) is 17.1 Å². The molecule has 4 aromatic rings. The average molecular weight is 460 g/mol. The second kappa shape index (κ2) is 7.86. The molecule has 0 aliphatic rings. The van der Waals surface area contributed by atoms with E-state index in [1.807, 2.05) is 44.5 Å². The van der Waals surface area contributed by atoms with Gasteiger partial charge in [-0.05, 0) is 39.0 Å². The van der Waals surface area contributed by atoms with Crippen LogP contribution >= 0.6 is 22.9 Å². The number of hydrogen-bond donors (Lipinski definition) is 2. The van der Waals surface area contributed by atoms with Gasteiger partial charge in [0.15, 0.2) is 16.6 Å². The van der Waals surface area contributed by atoms with Crippen molar-refractivity contribution < 1.29 is 9.53 Å². The Morgan fingerprint density at radius 1 is 1.35 bits per heavy atom. The van der Waals surface area contributed by atoms with Crippen LogP contribution in [0, 0.1) is 0 Å². The van der Waals surface area contributed by atoms with Crippen LogP contribution in [0.4, 0.5) is 15.6 Å². The van der Waals surface area contributed by atoms with Crippen molar-refractivity contribution in [2.75, 3.05) is 24.3 Å². The molecule has 0 spiro atoms. The van der Waals surface area contributed by atoms with E-state index in [1.54, 1.807) is 25.6 Å². The maximum absolute atomic E-state index is 12.4. The van der Waals surface area contributed by atoms with Gasteiger partial charge in [0.25, 0.3) is 0 Å². The molecule has 0 fully saturated rings. The van der Waals surface area contributed by atoms with Crippen molar-refractivity contribution in [1.82, 2.24) is 24.7 Å². The minimum Gasteiger partial charge on any atom is -0.443 e. The molecule has 0 aliphatic heterocycles. The van der Waals surface area contributed by atoms with Crippen LogP contribution in [-0.4, -0.2) is 50.5 Å². The predicted octanol–water partition coefficient (Wildman–Crippen LogP) is 4.94. The normalized spacial score (nSPS) is 11.7. The number of rotatable bonds is 4. The van der Waals surface area contributed by atoms with E-state index in [4.69, 9.17) is 16.3 Å². The number of benzene rings is 1. The Hall–Kier alpha value is -3.11. The third kappa shape index (κ3) is 4.08.